The van der Waals surface area contributed by atoms with E-state index in [0.29, 0.717) is 0 Å². The fourth-order valence-corrected chi connectivity index (χ4v) is 1.94. The number of nitrogens with two attached hydrogens (primary N) is 1. The molecule has 1 heteroatoms. The molecule has 0 heterocycles. The molecule has 1 atom stereocenters. The lowest BCUT2D eigenvalue weighted by atomic mass is 10.2. The first kappa shape index (κ1) is 10.9. The zero-order valence-corrected chi connectivity index (χ0v) is 9.56. The Morgan fingerprint density at radius 1 is 0.875 bits per heavy atom. The molecule has 0 aliphatic rings. The first-order valence-electron chi connectivity index (χ1n) is 5.57. The van der Waals surface area contributed by atoms with Crippen molar-refractivity contribution in [1.29, 1.82) is 0 Å². The summed E-state index contributed by atoms with van der Waals surface area (Å²) < 4.78 is 0. The van der Waals surface area contributed by atoms with Gasteiger partial charge in [-0.05, 0) is 24.5 Å². The monoisotopic (exact) mass is 213 g/mol. The van der Waals surface area contributed by atoms with Crippen molar-refractivity contribution in [1.82, 2.24) is 0 Å². The van der Waals surface area contributed by atoms with Crippen molar-refractivity contribution in [3.8, 4) is 0 Å². The second kappa shape index (κ2) is 4.50. The molecule has 0 aliphatic heterocycles. The summed E-state index contributed by atoms with van der Waals surface area (Å²) in [5.41, 5.74) is 8.52. The highest BCUT2D eigenvalue weighted by molar-refractivity contribution is 5.27. The Kier molecular flexibility index (Phi) is 3.07. The van der Waals surface area contributed by atoms with Crippen LogP contribution in [0.1, 0.15) is 18.1 Å². The van der Waals surface area contributed by atoms with Crippen molar-refractivity contribution in [2.75, 3.05) is 0 Å². The van der Waals surface area contributed by atoms with Crippen molar-refractivity contribution in [2.24, 2.45) is 5.73 Å². The van der Waals surface area contributed by atoms with Crippen LogP contribution in [0.3, 0.4) is 0 Å². The molecule has 0 fully saturated rings. The smallest absolute Gasteiger partial charge is 0.0421 e. The summed E-state index contributed by atoms with van der Waals surface area (Å²) in [5.74, 6) is 0. The quantitative estimate of drug-likeness (QED) is 0.833. The van der Waals surface area contributed by atoms with Crippen LogP contribution < -0.4 is 5.73 Å². The molecule has 1 nitrogen and oxygen atoms in total. The summed E-state index contributed by atoms with van der Waals surface area (Å²) in [4.78, 5) is 0. The fourth-order valence-electron chi connectivity index (χ4n) is 1.94. The van der Waals surface area contributed by atoms with E-state index in [1.807, 2.05) is 24.3 Å². The Labute approximate surface area is 96.9 Å². The third-order valence-electron chi connectivity index (χ3n) is 2.85. The van der Waals surface area contributed by atoms with Crippen molar-refractivity contribution >= 4 is 0 Å². The maximum absolute atomic E-state index is 6.37. The molecule has 0 amide bonds. The summed E-state index contributed by atoms with van der Waals surface area (Å²) in [7, 11) is 0. The average Bonchev–Trinajstić information content (AvgIpc) is 2.31. The van der Waals surface area contributed by atoms with Gasteiger partial charge in [0.05, 0.1) is 0 Å². The topological polar surface area (TPSA) is 26.0 Å². The molecule has 2 aromatic carbocycles. The largest absolute Gasteiger partial charge is 0.321 e. The molecule has 0 radical (unpaired) electrons. The van der Waals surface area contributed by atoms with E-state index < -0.39 is 0 Å². The first-order chi connectivity index (χ1) is 7.68. The van der Waals surface area contributed by atoms with Gasteiger partial charge in [-0.15, -0.1) is 0 Å². The minimum absolute atomic E-state index is 0.303. The summed E-state index contributed by atoms with van der Waals surface area (Å²) in [6.45, 7) is 2.08. The Morgan fingerprint density at radius 3 is 1.94 bits per heavy atom. The van der Waals surface area contributed by atoms with Gasteiger partial charge in [0, 0.05) is 5.54 Å². The lowest BCUT2D eigenvalue weighted by Crippen LogP contribution is -2.35. The van der Waals surface area contributed by atoms with E-state index in [4.69, 9.17) is 5.73 Å². The second-order valence-electron chi connectivity index (χ2n) is 4.45. The summed E-state index contributed by atoms with van der Waals surface area (Å²) in [5, 5.41) is 0. The average molecular weight is 213 g/mol. The minimum atomic E-state index is -0.303. The van der Waals surface area contributed by atoms with Crippen LogP contribution in [0.15, 0.2) is 60.7 Å². The van der Waals surface area contributed by atoms with Gasteiger partial charge < -0.3 is 5.73 Å². The second-order valence-corrected chi connectivity index (χ2v) is 4.45. The van der Waals surface area contributed by atoms with Gasteiger partial charge in [-0.25, -0.2) is 0 Å². The van der Waals surface area contributed by atoms with Crippen LogP contribution >= 0.6 is 0 Å². The Hall–Kier alpha value is -1.60. The summed E-state index contributed by atoms with van der Waals surface area (Å²) in [6, 6.07) is 20.6. The van der Waals surface area contributed by atoms with E-state index in [1.165, 1.54) is 11.1 Å². The summed E-state index contributed by atoms with van der Waals surface area (Å²) >= 11 is 0. The molecule has 2 N–H and O–H groups in total. The number of hydrogen-bond acceptors (Lipinski definition) is 1. The maximum Gasteiger partial charge on any atom is 0.0421 e. The van der Waals surface area contributed by atoms with Crippen LogP contribution in [0.25, 0.3) is 0 Å². The standard InChI is InChI=1S/C15H17N/c1-15(16,14-10-6-3-7-11-14)12-13-8-4-2-5-9-13/h2-11H,12,16H2,1H3/t15-/m1/s1/i15+2. The van der Waals surface area contributed by atoms with Crippen LogP contribution in [0.4, 0.5) is 0 Å². The number of hydrogen-bond donors (Lipinski definition) is 1. The van der Waals surface area contributed by atoms with Gasteiger partial charge in [-0.2, -0.15) is 0 Å². The van der Waals surface area contributed by atoms with Crippen LogP contribution in [-0.2, 0) is 12.0 Å². The zero-order chi connectivity index (χ0) is 11.4. The van der Waals surface area contributed by atoms with E-state index in [2.05, 4.69) is 43.3 Å². The van der Waals surface area contributed by atoms with Crippen LogP contribution in [0, 0.1) is 0 Å². The lowest BCUT2D eigenvalue weighted by molar-refractivity contribution is 0.491. The highest BCUT2D eigenvalue weighted by Crippen LogP contribution is 2.22. The minimum Gasteiger partial charge on any atom is -0.321 e. The van der Waals surface area contributed by atoms with Gasteiger partial charge in [0.2, 0.25) is 0 Å². The van der Waals surface area contributed by atoms with Gasteiger partial charge in [0.1, 0.15) is 0 Å². The number of rotatable bonds is 3. The molecule has 0 bridgehead atoms. The van der Waals surface area contributed by atoms with Crippen molar-refractivity contribution in [3.05, 3.63) is 71.8 Å². The molecular weight excluding hydrogens is 196 g/mol. The summed E-state index contributed by atoms with van der Waals surface area (Å²) in [6.07, 6.45) is 0.859. The van der Waals surface area contributed by atoms with Crippen LogP contribution in [0.5, 0.6) is 0 Å². The van der Waals surface area contributed by atoms with Crippen molar-refractivity contribution in [3.63, 3.8) is 0 Å². The molecule has 82 valence electrons. The number of benzene rings is 2. The third-order valence-corrected chi connectivity index (χ3v) is 2.85. The predicted octanol–water partition coefficient (Wildman–Crippen LogP) is 3.10. The van der Waals surface area contributed by atoms with Gasteiger partial charge in [-0.3, -0.25) is 0 Å². The van der Waals surface area contributed by atoms with Crippen LogP contribution in [0.2, 0.25) is 0 Å². The van der Waals surface area contributed by atoms with Gasteiger partial charge in [-0.1, -0.05) is 60.7 Å². The van der Waals surface area contributed by atoms with Gasteiger partial charge >= 0.3 is 0 Å². The molecule has 0 aromatic heterocycles. The van der Waals surface area contributed by atoms with Gasteiger partial charge in [0.15, 0.2) is 0 Å². The zero-order valence-electron chi connectivity index (χ0n) is 9.56. The van der Waals surface area contributed by atoms with E-state index in [1.54, 1.807) is 0 Å². The van der Waals surface area contributed by atoms with E-state index in [-0.39, 0.29) is 5.54 Å². The Balaban J connectivity index is 2.21. The molecule has 0 saturated heterocycles. The molecule has 16 heavy (non-hydrogen) atoms. The highest BCUT2D eigenvalue weighted by atomic mass is 15.6. The van der Waals surface area contributed by atoms with E-state index >= 15 is 0 Å². The Bertz CT molecular complexity index is 432. The Morgan fingerprint density at radius 2 is 1.38 bits per heavy atom. The SMILES string of the molecule is C[14C@@](N)(Cc1ccccc1)c1ccccc1. The molecule has 0 spiro atoms. The van der Waals surface area contributed by atoms with Gasteiger partial charge in [0.25, 0.3) is 0 Å². The maximum atomic E-state index is 6.37. The van der Waals surface area contributed by atoms with E-state index in [0.717, 1.165) is 6.42 Å². The first-order valence-corrected chi connectivity index (χ1v) is 5.57. The normalized spacial score (nSPS) is 14.4. The predicted molar refractivity (Wildman–Crippen MR) is 68.1 cm³/mol. The van der Waals surface area contributed by atoms with Crippen molar-refractivity contribution in [2.45, 2.75) is 18.9 Å². The molecule has 0 unspecified atom stereocenters. The third kappa shape index (κ3) is 2.50. The van der Waals surface area contributed by atoms with Crippen LogP contribution in [-0.4, -0.2) is 0 Å². The molecule has 2 rings (SSSR count). The van der Waals surface area contributed by atoms with E-state index in [9.17, 15) is 0 Å². The fraction of sp³-hybridized carbons (Fsp3) is 0.200. The molecule has 2 aromatic rings. The molecular formula is C15H17N. The molecule has 0 aliphatic carbocycles. The highest BCUT2D eigenvalue weighted by Gasteiger charge is 2.20. The lowest BCUT2D eigenvalue weighted by Gasteiger charge is -2.25. The van der Waals surface area contributed by atoms with Crippen molar-refractivity contribution < 1.29 is 0 Å². The molecule has 0 saturated carbocycles.